The van der Waals surface area contributed by atoms with Crippen molar-refractivity contribution in [1.82, 2.24) is 10.6 Å². The molecule has 90 valence electrons. The Morgan fingerprint density at radius 2 is 2.19 bits per heavy atom. The van der Waals surface area contributed by atoms with E-state index >= 15 is 0 Å². The molecule has 2 amide bonds. The molecule has 0 aliphatic rings. The van der Waals surface area contributed by atoms with Crippen LogP contribution in [0.25, 0.3) is 0 Å². The Balaban J connectivity index is 2.45. The molecule has 1 rings (SSSR count). The van der Waals surface area contributed by atoms with Crippen LogP contribution in [-0.2, 0) is 0 Å². The number of halogens is 1. The van der Waals surface area contributed by atoms with Gasteiger partial charge in [-0.15, -0.1) is 11.3 Å². The first-order valence-corrected chi connectivity index (χ1v) is 6.15. The first kappa shape index (κ1) is 13.3. The van der Waals surface area contributed by atoms with Crippen molar-refractivity contribution in [2.75, 3.05) is 6.61 Å². The topological polar surface area (TPSA) is 61.4 Å². The van der Waals surface area contributed by atoms with Gasteiger partial charge in [0.1, 0.15) is 0 Å². The summed E-state index contributed by atoms with van der Waals surface area (Å²) in [5.41, 5.74) is 0. The maximum atomic E-state index is 11.4. The fourth-order valence-electron chi connectivity index (χ4n) is 1.14. The van der Waals surface area contributed by atoms with Crippen LogP contribution in [0.2, 0.25) is 4.34 Å². The third kappa shape index (κ3) is 4.00. The van der Waals surface area contributed by atoms with E-state index in [0.29, 0.717) is 4.34 Å². The summed E-state index contributed by atoms with van der Waals surface area (Å²) in [7, 11) is 0. The standard InChI is InChI=1S/C10H15ClN2O2S/c1-6(5-14)12-10(15)13-7(2)8-3-4-9(11)16-8/h3-4,6-7,14H,5H2,1-2H3,(H2,12,13,15)/t6-,7-/m1/s1. The number of aliphatic hydroxyl groups is 1. The molecular weight excluding hydrogens is 248 g/mol. The van der Waals surface area contributed by atoms with Crippen molar-refractivity contribution < 1.29 is 9.90 Å². The van der Waals surface area contributed by atoms with Crippen molar-refractivity contribution in [3.63, 3.8) is 0 Å². The highest BCUT2D eigenvalue weighted by Gasteiger charge is 2.12. The van der Waals surface area contributed by atoms with Crippen LogP contribution in [0, 0.1) is 0 Å². The Morgan fingerprint density at radius 3 is 2.69 bits per heavy atom. The molecule has 16 heavy (non-hydrogen) atoms. The van der Waals surface area contributed by atoms with Gasteiger partial charge in [-0.05, 0) is 26.0 Å². The quantitative estimate of drug-likeness (QED) is 0.779. The average Bonchev–Trinajstić information content (AvgIpc) is 2.64. The van der Waals surface area contributed by atoms with Crippen LogP contribution in [0.1, 0.15) is 24.8 Å². The van der Waals surface area contributed by atoms with Crippen LogP contribution in [0.4, 0.5) is 4.79 Å². The molecule has 4 nitrogen and oxygen atoms in total. The summed E-state index contributed by atoms with van der Waals surface area (Å²) in [5.74, 6) is 0. The van der Waals surface area contributed by atoms with Crippen LogP contribution in [-0.4, -0.2) is 23.8 Å². The Hall–Kier alpha value is -0.780. The Morgan fingerprint density at radius 1 is 1.50 bits per heavy atom. The lowest BCUT2D eigenvalue weighted by molar-refractivity contribution is 0.218. The van der Waals surface area contributed by atoms with E-state index in [9.17, 15) is 4.79 Å². The lowest BCUT2D eigenvalue weighted by atomic mass is 10.3. The van der Waals surface area contributed by atoms with E-state index in [2.05, 4.69) is 10.6 Å². The van der Waals surface area contributed by atoms with Crippen molar-refractivity contribution in [2.45, 2.75) is 25.9 Å². The highest BCUT2D eigenvalue weighted by atomic mass is 35.5. The number of amides is 2. The molecule has 1 aromatic heterocycles. The maximum Gasteiger partial charge on any atom is 0.315 e. The minimum absolute atomic E-state index is 0.0768. The lowest BCUT2D eigenvalue weighted by Gasteiger charge is -2.15. The number of rotatable bonds is 4. The molecule has 1 aromatic rings. The number of carbonyl (C=O) groups is 1. The van der Waals surface area contributed by atoms with Crippen molar-refractivity contribution in [3.8, 4) is 0 Å². The molecular formula is C10H15ClN2O2S. The zero-order valence-corrected chi connectivity index (χ0v) is 10.7. The van der Waals surface area contributed by atoms with Crippen molar-refractivity contribution in [3.05, 3.63) is 21.3 Å². The van der Waals surface area contributed by atoms with Gasteiger partial charge in [-0.3, -0.25) is 0 Å². The second-order valence-electron chi connectivity index (χ2n) is 3.56. The SMILES string of the molecule is C[C@H](CO)NC(=O)N[C@H](C)c1ccc(Cl)s1. The normalized spacial score (nSPS) is 14.2. The van der Waals surface area contributed by atoms with E-state index in [0.717, 1.165) is 4.88 Å². The molecule has 0 saturated carbocycles. The Bertz CT molecular complexity index is 356. The Labute approximate surface area is 104 Å². The smallest absolute Gasteiger partial charge is 0.315 e. The zero-order valence-electron chi connectivity index (χ0n) is 9.16. The van der Waals surface area contributed by atoms with Gasteiger partial charge in [-0.1, -0.05) is 11.6 Å². The van der Waals surface area contributed by atoms with E-state index in [1.54, 1.807) is 13.0 Å². The molecule has 0 spiro atoms. The fourth-order valence-corrected chi connectivity index (χ4v) is 2.20. The second-order valence-corrected chi connectivity index (χ2v) is 5.31. The highest BCUT2D eigenvalue weighted by Crippen LogP contribution is 2.26. The molecule has 0 aromatic carbocycles. The van der Waals surface area contributed by atoms with Crippen LogP contribution in [0.15, 0.2) is 12.1 Å². The predicted octanol–water partition coefficient (Wildman–Crippen LogP) is 2.14. The number of aliphatic hydroxyl groups excluding tert-OH is 1. The van der Waals surface area contributed by atoms with E-state index in [-0.39, 0.29) is 24.7 Å². The van der Waals surface area contributed by atoms with Gasteiger partial charge in [0.25, 0.3) is 0 Å². The summed E-state index contributed by atoms with van der Waals surface area (Å²) < 4.78 is 0.702. The van der Waals surface area contributed by atoms with Crippen LogP contribution >= 0.6 is 22.9 Å². The van der Waals surface area contributed by atoms with E-state index < -0.39 is 0 Å². The molecule has 2 atom stereocenters. The molecule has 0 aliphatic carbocycles. The van der Waals surface area contributed by atoms with E-state index in [1.807, 2.05) is 13.0 Å². The first-order chi connectivity index (χ1) is 7.52. The molecule has 0 aliphatic heterocycles. The number of hydrogen-bond donors (Lipinski definition) is 3. The van der Waals surface area contributed by atoms with E-state index in [4.69, 9.17) is 16.7 Å². The molecule has 0 radical (unpaired) electrons. The van der Waals surface area contributed by atoms with Gasteiger partial charge >= 0.3 is 6.03 Å². The largest absolute Gasteiger partial charge is 0.394 e. The van der Waals surface area contributed by atoms with Gasteiger partial charge in [0, 0.05) is 4.88 Å². The summed E-state index contributed by atoms with van der Waals surface area (Å²) in [6, 6.07) is 3.04. The van der Waals surface area contributed by atoms with E-state index in [1.165, 1.54) is 11.3 Å². The summed E-state index contributed by atoms with van der Waals surface area (Å²) in [4.78, 5) is 12.4. The molecule has 3 N–H and O–H groups in total. The number of thiophene rings is 1. The van der Waals surface area contributed by atoms with Crippen molar-refractivity contribution >= 4 is 29.0 Å². The summed E-state index contributed by atoms with van der Waals surface area (Å²) in [6.07, 6.45) is 0. The van der Waals surface area contributed by atoms with Crippen molar-refractivity contribution in [1.29, 1.82) is 0 Å². The third-order valence-electron chi connectivity index (χ3n) is 2.02. The molecule has 6 heteroatoms. The van der Waals surface area contributed by atoms with Gasteiger partial charge in [0.15, 0.2) is 0 Å². The lowest BCUT2D eigenvalue weighted by Crippen LogP contribution is -2.43. The maximum absolute atomic E-state index is 11.4. The zero-order chi connectivity index (χ0) is 12.1. The third-order valence-corrected chi connectivity index (χ3v) is 3.43. The van der Waals surface area contributed by atoms with Crippen LogP contribution in [0.5, 0.6) is 0 Å². The minimum Gasteiger partial charge on any atom is -0.394 e. The van der Waals surface area contributed by atoms with Gasteiger partial charge in [-0.25, -0.2) is 4.79 Å². The highest BCUT2D eigenvalue weighted by molar-refractivity contribution is 7.16. The molecule has 0 unspecified atom stereocenters. The van der Waals surface area contributed by atoms with Gasteiger partial charge in [0.05, 0.1) is 23.0 Å². The number of hydrogen-bond acceptors (Lipinski definition) is 3. The molecule has 0 fully saturated rings. The summed E-state index contributed by atoms with van der Waals surface area (Å²) in [6.45, 7) is 3.53. The van der Waals surface area contributed by atoms with Crippen LogP contribution in [0.3, 0.4) is 0 Å². The minimum atomic E-state index is -0.293. The van der Waals surface area contributed by atoms with Gasteiger partial charge < -0.3 is 15.7 Å². The number of nitrogens with one attached hydrogen (secondary N) is 2. The monoisotopic (exact) mass is 262 g/mol. The van der Waals surface area contributed by atoms with Gasteiger partial charge in [-0.2, -0.15) is 0 Å². The summed E-state index contributed by atoms with van der Waals surface area (Å²) >= 11 is 7.24. The second kappa shape index (κ2) is 6.08. The summed E-state index contributed by atoms with van der Waals surface area (Å²) in [5, 5.41) is 14.2. The van der Waals surface area contributed by atoms with Crippen LogP contribution < -0.4 is 10.6 Å². The van der Waals surface area contributed by atoms with Gasteiger partial charge in [0.2, 0.25) is 0 Å². The molecule has 0 saturated heterocycles. The van der Waals surface area contributed by atoms with Crippen molar-refractivity contribution in [2.24, 2.45) is 0 Å². The molecule has 0 bridgehead atoms. The molecule has 1 heterocycles. The fraction of sp³-hybridized carbons (Fsp3) is 0.500. The average molecular weight is 263 g/mol. The number of carbonyl (C=O) groups excluding carboxylic acids is 1. The first-order valence-electron chi connectivity index (χ1n) is 4.96. The number of urea groups is 1. The predicted molar refractivity (Wildman–Crippen MR) is 66.0 cm³/mol. The Kier molecular flexibility index (Phi) is 5.05.